The molecule has 2 unspecified atom stereocenters. The van der Waals surface area contributed by atoms with E-state index in [1.54, 1.807) is 18.0 Å². The van der Waals surface area contributed by atoms with Crippen LogP contribution in [0.3, 0.4) is 0 Å². The van der Waals surface area contributed by atoms with E-state index in [2.05, 4.69) is 5.32 Å². The molecule has 0 bridgehead atoms. The van der Waals surface area contributed by atoms with Gasteiger partial charge in [-0.25, -0.2) is 4.57 Å². The zero-order chi connectivity index (χ0) is 18.1. The standard InChI is InChI=1S/C14H20N3O7P/c1-10-6-17(9-16-13(10)19)12-5-11(18)14(24-12)7-22-25(20,23-8-14)21-4-2-3-15/h6,11-12,18H,2,4-5,7-9H2,1H3,(H,16,19). The molecule has 11 heteroatoms. The highest BCUT2D eigenvalue weighted by Crippen LogP contribution is 2.55. The minimum absolute atomic E-state index is 0.0649. The molecule has 25 heavy (non-hydrogen) atoms. The van der Waals surface area contributed by atoms with E-state index in [0.29, 0.717) is 5.57 Å². The average Bonchev–Trinajstić information content (AvgIpc) is 2.91. The number of nitrogens with one attached hydrogen (secondary N) is 1. The zero-order valence-electron chi connectivity index (χ0n) is 13.7. The first kappa shape index (κ1) is 18.3. The molecule has 1 amide bonds. The number of carbonyl (C=O) groups excluding carboxylic acids is 1. The number of phosphoric ester groups is 1. The second-order valence-electron chi connectivity index (χ2n) is 6.11. The van der Waals surface area contributed by atoms with Gasteiger partial charge >= 0.3 is 7.82 Å². The molecule has 0 saturated carbocycles. The normalized spacial score (nSPS) is 38.4. The Morgan fingerprint density at radius 3 is 2.92 bits per heavy atom. The van der Waals surface area contributed by atoms with Crippen LogP contribution in [-0.2, 0) is 27.7 Å². The van der Waals surface area contributed by atoms with Gasteiger partial charge in [0.15, 0.2) is 0 Å². The van der Waals surface area contributed by atoms with E-state index < -0.39 is 25.8 Å². The SMILES string of the molecule is CC1=CN(C2CC(O)C3(COP(=O)(OCCC#N)OC3)O2)CNC1=O. The van der Waals surface area contributed by atoms with Crippen LogP contribution in [0.1, 0.15) is 19.8 Å². The smallest absolute Gasteiger partial charge is 0.390 e. The van der Waals surface area contributed by atoms with E-state index in [-0.39, 0.29) is 45.2 Å². The lowest BCUT2D eigenvalue weighted by Crippen LogP contribution is -2.51. The van der Waals surface area contributed by atoms with Crippen LogP contribution in [0.25, 0.3) is 0 Å². The van der Waals surface area contributed by atoms with Crippen LogP contribution in [0, 0.1) is 11.3 Å². The van der Waals surface area contributed by atoms with Crippen molar-refractivity contribution in [1.82, 2.24) is 10.2 Å². The van der Waals surface area contributed by atoms with Crippen LogP contribution in [-0.4, -0.2) is 60.3 Å². The molecular weight excluding hydrogens is 353 g/mol. The summed E-state index contributed by atoms with van der Waals surface area (Å²) >= 11 is 0. The van der Waals surface area contributed by atoms with Gasteiger partial charge in [0.1, 0.15) is 11.8 Å². The fraction of sp³-hybridized carbons (Fsp3) is 0.714. The van der Waals surface area contributed by atoms with Crippen LogP contribution in [0.15, 0.2) is 11.8 Å². The van der Waals surface area contributed by atoms with Crippen molar-refractivity contribution in [2.75, 3.05) is 26.5 Å². The summed E-state index contributed by atoms with van der Waals surface area (Å²) in [5.41, 5.74) is -0.614. The highest BCUT2D eigenvalue weighted by molar-refractivity contribution is 7.48. The van der Waals surface area contributed by atoms with Crippen molar-refractivity contribution < 1.29 is 32.8 Å². The van der Waals surface area contributed by atoms with Crippen molar-refractivity contribution in [2.45, 2.75) is 37.7 Å². The van der Waals surface area contributed by atoms with Gasteiger partial charge in [0, 0.05) is 18.2 Å². The Morgan fingerprint density at radius 2 is 2.28 bits per heavy atom. The second-order valence-corrected chi connectivity index (χ2v) is 7.78. The number of aliphatic hydroxyl groups is 1. The highest BCUT2D eigenvalue weighted by Gasteiger charge is 2.55. The minimum atomic E-state index is -3.74. The van der Waals surface area contributed by atoms with Gasteiger partial charge in [-0.15, -0.1) is 0 Å². The summed E-state index contributed by atoms with van der Waals surface area (Å²) in [6.45, 7) is 1.57. The van der Waals surface area contributed by atoms with Gasteiger partial charge in [0.05, 0.1) is 45.1 Å². The Balaban J connectivity index is 1.62. The average molecular weight is 373 g/mol. The number of nitrogens with zero attached hydrogens (tertiary/aromatic N) is 2. The molecule has 0 aromatic carbocycles. The molecule has 3 heterocycles. The molecule has 0 aromatic rings. The first-order valence-corrected chi connectivity index (χ1v) is 9.32. The second kappa shape index (κ2) is 7.03. The Bertz CT molecular complexity index is 649. The number of aliphatic hydroxyl groups excluding tert-OH is 1. The molecule has 0 radical (unpaired) electrons. The van der Waals surface area contributed by atoms with Gasteiger partial charge in [-0.1, -0.05) is 0 Å². The quantitative estimate of drug-likeness (QED) is 0.524. The Morgan fingerprint density at radius 1 is 1.56 bits per heavy atom. The van der Waals surface area contributed by atoms with E-state index in [0.717, 1.165) is 0 Å². The summed E-state index contributed by atoms with van der Waals surface area (Å²) in [6, 6.07) is 1.87. The van der Waals surface area contributed by atoms with E-state index in [1.165, 1.54) is 0 Å². The molecule has 138 valence electrons. The molecule has 0 aromatic heterocycles. The van der Waals surface area contributed by atoms with E-state index >= 15 is 0 Å². The molecule has 3 aliphatic rings. The van der Waals surface area contributed by atoms with Crippen molar-refractivity contribution in [1.29, 1.82) is 5.26 Å². The van der Waals surface area contributed by atoms with Gasteiger partial charge in [0.2, 0.25) is 5.91 Å². The van der Waals surface area contributed by atoms with Gasteiger partial charge in [0.25, 0.3) is 0 Å². The molecular formula is C14H20N3O7P. The first-order valence-electron chi connectivity index (χ1n) is 7.86. The van der Waals surface area contributed by atoms with Gasteiger partial charge in [-0.3, -0.25) is 18.4 Å². The largest absolute Gasteiger partial charge is 0.475 e. The van der Waals surface area contributed by atoms with Crippen molar-refractivity contribution in [3.05, 3.63) is 11.8 Å². The van der Waals surface area contributed by atoms with Crippen LogP contribution < -0.4 is 5.32 Å². The molecule has 2 fully saturated rings. The fourth-order valence-electron chi connectivity index (χ4n) is 2.84. The number of hydrogen-bond donors (Lipinski definition) is 2. The predicted octanol–water partition coefficient (Wildman–Crippen LogP) is 0.211. The third-order valence-electron chi connectivity index (χ3n) is 4.31. The Hall–Kier alpha value is -1.47. The van der Waals surface area contributed by atoms with E-state index in [1.807, 2.05) is 6.07 Å². The molecule has 3 rings (SSSR count). The Labute approximate surface area is 144 Å². The van der Waals surface area contributed by atoms with E-state index in [9.17, 15) is 14.5 Å². The molecule has 1 spiro atoms. The molecule has 2 saturated heterocycles. The zero-order valence-corrected chi connectivity index (χ0v) is 14.6. The molecule has 2 N–H and O–H groups in total. The number of nitriles is 1. The molecule has 2 atom stereocenters. The third kappa shape index (κ3) is 3.72. The lowest BCUT2D eigenvalue weighted by atomic mass is 9.99. The number of amides is 1. The maximum Gasteiger partial charge on any atom is 0.475 e. The number of carbonyl (C=O) groups is 1. The topological polar surface area (TPSA) is 130 Å². The summed E-state index contributed by atoms with van der Waals surface area (Å²) in [5.74, 6) is -0.149. The van der Waals surface area contributed by atoms with Crippen LogP contribution in [0.4, 0.5) is 0 Å². The summed E-state index contributed by atoms with van der Waals surface area (Å²) in [7, 11) is -3.74. The lowest BCUT2D eigenvalue weighted by molar-refractivity contribution is -0.173. The summed E-state index contributed by atoms with van der Waals surface area (Å²) < 4.78 is 33.6. The highest BCUT2D eigenvalue weighted by atomic mass is 31.2. The molecule has 0 aliphatic carbocycles. The van der Waals surface area contributed by atoms with E-state index in [4.69, 9.17) is 23.6 Å². The van der Waals surface area contributed by atoms with Crippen molar-refractivity contribution in [3.63, 3.8) is 0 Å². The summed E-state index contributed by atoms with van der Waals surface area (Å²) in [4.78, 5) is 13.3. The monoisotopic (exact) mass is 373 g/mol. The lowest BCUT2D eigenvalue weighted by Gasteiger charge is -2.38. The maximum absolute atomic E-state index is 12.2. The van der Waals surface area contributed by atoms with Gasteiger partial charge in [-0.05, 0) is 6.92 Å². The third-order valence-corrected chi connectivity index (χ3v) is 5.70. The first-order chi connectivity index (χ1) is 11.9. The van der Waals surface area contributed by atoms with Crippen LogP contribution in [0.2, 0.25) is 0 Å². The maximum atomic E-state index is 12.2. The number of hydrogen-bond acceptors (Lipinski definition) is 9. The Kier molecular flexibility index (Phi) is 5.16. The van der Waals surface area contributed by atoms with Crippen LogP contribution in [0.5, 0.6) is 0 Å². The van der Waals surface area contributed by atoms with Gasteiger partial charge in [-0.2, -0.15) is 5.26 Å². The van der Waals surface area contributed by atoms with Crippen molar-refractivity contribution in [3.8, 4) is 6.07 Å². The fourth-order valence-corrected chi connectivity index (χ4v) is 4.13. The number of phosphoric acid groups is 1. The van der Waals surface area contributed by atoms with Crippen molar-refractivity contribution in [2.24, 2.45) is 0 Å². The van der Waals surface area contributed by atoms with Crippen molar-refractivity contribution >= 4 is 13.7 Å². The van der Waals surface area contributed by atoms with Gasteiger partial charge < -0.3 is 20.1 Å². The van der Waals surface area contributed by atoms with Crippen LogP contribution >= 0.6 is 7.82 Å². The minimum Gasteiger partial charge on any atom is -0.390 e. The summed E-state index contributed by atoms with van der Waals surface area (Å²) in [5, 5.41) is 21.6. The molecule has 10 nitrogen and oxygen atoms in total. The number of ether oxygens (including phenoxy) is 1. The molecule has 3 aliphatic heterocycles. The predicted molar refractivity (Wildman–Crippen MR) is 82.5 cm³/mol. The number of rotatable bonds is 4. The summed E-state index contributed by atoms with van der Waals surface area (Å²) in [6.07, 6.45) is 0.656.